The smallest absolute Gasteiger partial charge is 0.254 e. The summed E-state index contributed by atoms with van der Waals surface area (Å²) in [5.41, 5.74) is 1.26. The van der Waals surface area contributed by atoms with Crippen molar-refractivity contribution in [1.29, 1.82) is 0 Å². The number of likely N-dealkylation sites (tertiary alicyclic amines) is 1. The summed E-state index contributed by atoms with van der Waals surface area (Å²) in [6, 6.07) is 7.31. The lowest BCUT2D eigenvalue weighted by molar-refractivity contribution is -0.115. The van der Waals surface area contributed by atoms with Gasteiger partial charge < -0.3 is 15.3 Å². The Hall–Kier alpha value is -1.88. The highest BCUT2D eigenvalue weighted by atomic mass is 16.3. The highest BCUT2D eigenvalue weighted by Gasteiger charge is 2.28. The molecular formula is C17H24N2O3. The number of benzene rings is 1. The van der Waals surface area contributed by atoms with Gasteiger partial charge in [0, 0.05) is 36.9 Å². The van der Waals surface area contributed by atoms with Gasteiger partial charge in [-0.05, 0) is 43.9 Å². The maximum Gasteiger partial charge on any atom is 0.254 e. The molecule has 0 spiro atoms. The fraction of sp³-hybridized carbons (Fsp3) is 0.529. The number of nitrogens with zero attached hydrogens (tertiary/aromatic N) is 1. The van der Waals surface area contributed by atoms with Crippen LogP contribution in [0.2, 0.25) is 0 Å². The molecule has 1 unspecified atom stereocenters. The Kier molecular flexibility index (Phi) is 5.95. The van der Waals surface area contributed by atoms with E-state index in [0.29, 0.717) is 17.7 Å². The third-order valence-electron chi connectivity index (χ3n) is 4.05. The van der Waals surface area contributed by atoms with E-state index in [-0.39, 0.29) is 24.5 Å². The molecule has 1 aromatic carbocycles. The molecule has 1 saturated heterocycles. The van der Waals surface area contributed by atoms with Gasteiger partial charge in [0.2, 0.25) is 5.91 Å². The predicted octanol–water partition coefficient (Wildman–Crippen LogP) is 2.41. The van der Waals surface area contributed by atoms with E-state index in [1.54, 1.807) is 31.2 Å². The van der Waals surface area contributed by atoms with Gasteiger partial charge in [-0.15, -0.1) is 0 Å². The lowest BCUT2D eigenvalue weighted by atomic mass is 10.1. The van der Waals surface area contributed by atoms with E-state index in [9.17, 15) is 9.59 Å². The molecule has 2 amide bonds. The van der Waals surface area contributed by atoms with Crippen LogP contribution in [0.15, 0.2) is 24.3 Å². The molecule has 22 heavy (non-hydrogen) atoms. The SMILES string of the molecule is CCC(=O)Nc1cccc(C(=O)N2CCCC2CCCO)c1. The molecule has 2 rings (SSSR count). The molecule has 2 N–H and O–H groups in total. The van der Waals surface area contributed by atoms with E-state index in [2.05, 4.69) is 5.32 Å². The van der Waals surface area contributed by atoms with Gasteiger partial charge in [0.15, 0.2) is 0 Å². The van der Waals surface area contributed by atoms with Crippen molar-refractivity contribution in [3.8, 4) is 0 Å². The van der Waals surface area contributed by atoms with Crippen molar-refractivity contribution in [2.45, 2.75) is 45.1 Å². The van der Waals surface area contributed by atoms with Crippen LogP contribution in [-0.4, -0.2) is 41.0 Å². The topological polar surface area (TPSA) is 69.6 Å². The number of carbonyl (C=O) groups excluding carboxylic acids is 2. The summed E-state index contributed by atoms with van der Waals surface area (Å²) in [5, 5.41) is 11.7. The summed E-state index contributed by atoms with van der Waals surface area (Å²) in [6.07, 6.45) is 3.98. The number of carbonyl (C=O) groups is 2. The number of anilines is 1. The molecule has 0 radical (unpaired) electrons. The summed E-state index contributed by atoms with van der Waals surface area (Å²) in [4.78, 5) is 26.0. The Balaban J connectivity index is 2.08. The van der Waals surface area contributed by atoms with Crippen LogP contribution >= 0.6 is 0 Å². The fourth-order valence-corrected chi connectivity index (χ4v) is 2.88. The van der Waals surface area contributed by atoms with Gasteiger partial charge in [-0.1, -0.05) is 13.0 Å². The standard InChI is InChI=1S/C17H24N2O3/c1-2-16(21)18-14-7-3-6-13(12-14)17(22)19-10-4-8-15(19)9-5-11-20/h3,6-7,12,15,20H,2,4-5,8-11H2,1H3,(H,18,21). The van der Waals surface area contributed by atoms with Crippen LogP contribution in [-0.2, 0) is 4.79 Å². The molecule has 0 aromatic heterocycles. The molecule has 1 aromatic rings. The molecule has 0 bridgehead atoms. The minimum atomic E-state index is -0.0633. The average Bonchev–Trinajstić information content (AvgIpc) is 3.00. The quantitative estimate of drug-likeness (QED) is 0.848. The molecule has 5 nitrogen and oxygen atoms in total. The van der Waals surface area contributed by atoms with Gasteiger partial charge in [0.05, 0.1) is 0 Å². The third-order valence-corrected chi connectivity index (χ3v) is 4.05. The molecular weight excluding hydrogens is 280 g/mol. The van der Waals surface area contributed by atoms with Crippen LogP contribution in [0.4, 0.5) is 5.69 Å². The van der Waals surface area contributed by atoms with Gasteiger partial charge in [-0.25, -0.2) is 0 Å². The van der Waals surface area contributed by atoms with Crippen LogP contribution in [0.3, 0.4) is 0 Å². The van der Waals surface area contributed by atoms with Crippen LogP contribution in [0, 0.1) is 0 Å². The Morgan fingerprint density at radius 2 is 2.23 bits per heavy atom. The van der Waals surface area contributed by atoms with Crippen molar-refractivity contribution in [1.82, 2.24) is 4.90 Å². The zero-order valence-electron chi connectivity index (χ0n) is 13.0. The number of nitrogens with one attached hydrogen (secondary N) is 1. The molecule has 1 aliphatic heterocycles. The third kappa shape index (κ3) is 4.07. The van der Waals surface area contributed by atoms with Crippen LogP contribution in [0.5, 0.6) is 0 Å². The molecule has 1 atom stereocenters. The number of rotatable bonds is 6. The first kappa shape index (κ1) is 16.5. The van der Waals surface area contributed by atoms with Crippen molar-refractivity contribution in [3.05, 3.63) is 29.8 Å². The van der Waals surface area contributed by atoms with E-state index >= 15 is 0 Å². The first-order valence-corrected chi connectivity index (χ1v) is 7.97. The highest BCUT2D eigenvalue weighted by molar-refractivity contribution is 5.97. The minimum absolute atomic E-state index is 0.00744. The second kappa shape index (κ2) is 7.94. The Bertz CT molecular complexity index is 530. The normalized spacial score (nSPS) is 17.5. The molecule has 1 aliphatic rings. The van der Waals surface area contributed by atoms with E-state index < -0.39 is 0 Å². The van der Waals surface area contributed by atoms with Gasteiger partial charge in [-0.3, -0.25) is 9.59 Å². The lowest BCUT2D eigenvalue weighted by Crippen LogP contribution is -2.35. The zero-order chi connectivity index (χ0) is 15.9. The molecule has 0 saturated carbocycles. The Morgan fingerprint density at radius 3 is 2.95 bits per heavy atom. The number of hydrogen-bond acceptors (Lipinski definition) is 3. The van der Waals surface area contributed by atoms with Gasteiger partial charge in [0.25, 0.3) is 5.91 Å². The van der Waals surface area contributed by atoms with E-state index in [4.69, 9.17) is 5.11 Å². The molecule has 1 heterocycles. The number of aliphatic hydroxyl groups is 1. The summed E-state index contributed by atoms with van der Waals surface area (Å²) >= 11 is 0. The van der Waals surface area contributed by atoms with Gasteiger partial charge in [0.1, 0.15) is 0 Å². The maximum absolute atomic E-state index is 12.7. The molecule has 1 fully saturated rings. The van der Waals surface area contributed by atoms with E-state index in [1.807, 2.05) is 4.90 Å². The lowest BCUT2D eigenvalue weighted by Gasteiger charge is -2.25. The number of aliphatic hydroxyl groups excluding tert-OH is 1. The first-order chi connectivity index (χ1) is 10.7. The second-order valence-corrected chi connectivity index (χ2v) is 5.64. The second-order valence-electron chi connectivity index (χ2n) is 5.64. The Morgan fingerprint density at radius 1 is 1.41 bits per heavy atom. The highest BCUT2D eigenvalue weighted by Crippen LogP contribution is 2.24. The van der Waals surface area contributed by atoms with Crippen LogP contribution in [0.1, 0.15) is 49.4 Å². The summed E-state index contributed by atoms with van der Waals surface area (Å²) < 4.78 is 0. The first-order valence-electron chi connectivity index (χ1n) is 7.97. The van der Waals surface area contributed by atoms with E-state index in [0.717, 1.165) is 32.2 Å². The van der Waals surface area contributed by atoms with Crippen molar-refractivity contribution in [3.63, 3.8) is 0 Å². The maximum atomic E-state index is 12.7. The van der Waals surface area contributed by atoms with Crippen molar-refractivity contribution in [2.24, 2.45) is 0 Å². The zero-order valence-corrected chi connectivity index (χ0v) is 13.0. The largest absolute Gasteiger partial charge is 0.396 e. The van der Waals surface area contributed by atoms with Crippen molar-refractivity contribution < 1.29 is 14.7 Å². The molecule has 5 heteroatoms. The summed E-state index contributed by atoms with van der Waals surface area (Å²) in [7, 11) is 0. The summed E-state index contributed by atoms with van der Waals surface area (Å²) in [5.74, 6) is -0.0559. The number of amides is 2. The predicted molar refractivity (Wildman–Crippen MR) is 85.7 cm³/mol. The van der Waals surface area contributed by atoms with Gasteiger partial charge >= 0.3 is 0 Å². The molecule has 120 valence electrons. The number of hydrogen-bond donors (Lipinski definition) is 2. The fourth-order valence-electron chi connectivity index (χ4n) is 2.88. The minimum Gasteiger partial charge on any atom is -0.396 e. The monoisotopic (exact) mass is 304 g/mol. The van der Waals surface area contributed by atoms with Crippen molar-refractivity contribution >= 4 is 17.5 Å². The van der Waals surface area contributed by atoms with Crippen LogP contribution in [0.25, 0.3) is 0 Å². The van der Waals surface area contributed by atoms with Gasteiger partial charge in [-0.2, -0.15) is 0 Å². The average molecular weight is 304 g/mol. The Labute approximate surface area is 131 Å². The molecule has 0 aliphatic carbocycles. The summed E-state index contributed by atoms with van der Waals surface area (Å²) in [6.45, 7) is 2.72. The van der Waals surface area contributed by atoms with E-state index in [1.165, 1.54) is 0 Å². The van der Waals surface area contributed by atoms with Crippen LogP contribution < -0.4 is 5.32 Å². The van der Waals surface area contributed by atoms with Crippen molar-refractivity contribution in [2.75, 3.05) is 18.5 Å².